The summed E-state index contributed by atoms with van der Waals surface area (Å²) >= 11 is 0. The Kier molecular flexibility index (Phi) is 4.71. The van der Waals surface area contributed by atoms with Crippen molar-refractivity contribution in [1.82, 2.24) is 14.5 Å². The van der Waals surface area contributed by atoms with Gasteiger partial charge in [-0.05, 0) is 37.0 Å². The van der Waals surface area contributed by atoms with Gasteiger partial charge in [-0.25, -0.2) is 9.97 Å². The molecule has 1 saturated heterocycles. The predicted molar refractivity (Wildman–Crippen MR) is 121 cm³/mol. The van der Waals surface area contributed by atoms with Crippen LogP contribution in [0.3, 0.4) is 0 Å². The van der Waals surface area contributed by atoms with Crippen molar-refractivity contribution in [2.24, 2.45) is 5.92 Å². The smallest absolute Gasteiger partial charge is 0.222 e. The number of carbonyl (C=O) groups is 1. The summed E-state index contributed by atoms with van der Waals surface area (Å²) in [6.45, 7) is 3.37. The summed E-state index contributed by atoms with van der Waals surface area (Å²) in [7, 11) is 0. The van der Waals surface area contributed by atoms with Crippen LogP contribution in [-0.4, -0.2) is 40.3 Å². The van der Waals surface area contributed by atoms with E-state index in [0.29, 0.717) is 25.6 Å². The molecule has 3 aromatic heterocycles. The fourth-order valence-electron chi connectivity index (χ4n) is 5.33. The average Bonchev–Trinajstić information content (AvgIpc) is 3.38. The van der Waals surface area contributed by atoms with Gasteiger partial charge in [0.05, 0.1) is 48.3 Å². The summed E-state index contributed by atoms with van der Waals surface area (Å²) in [5.41, 5.74) is 4.57. The molecule has 1 N–H and O–H groups in total. The van der Waals surface area contributed by atoms with Gasteiger partial charge in [0.15, 0.2) is 0 Å². The van der Waals surface area contributed by atoms with Crippen LogP contribution in [0.1, 0.15) is 43.5 Å². The minimum Gasteiger partial charge on any atom is -0.378 e. The molecule has 0 radical (unpaired) electrons. The molecule has 1 atom stereocenters. The van der Waals surface area contributed by atoms with Gasteiger partial charge in [-0.3, -0.25) is 4.79 Å². The lowest BCUT2D eigenvalue weighted by atomic mass is 9.81. The quantitative estimate of drug-likeness (QED) is 0.662. The Labute approximate surface area is 191 Å². The molecule has 1 saturated carbocycles. The van der Waals surface area contributed by atoms with Crippen molar-refractivity contribution in [2.75, 3.05) is 25.1 Å². The van der Waals surface area contributed by atoms with Crippen molar-refractivity contribution in [3.63, 3.8) is 0 Å². The van der Waals surface area contributed by atoms with Crippen LogP contribution in [-0.2, 0) is 26.3 Å². The van der Waals surface area contributed by atoms with Crippen molar-refractivity contribution in [2.45, 2.75) is 44.2 Å². The lowest BCUT2D eigenvalue weighted by Gasteiger charge is -2.33. The van der Waals surface area contributed by atoms with E-state index in [0.717, 1.165) is 53.5 Å². The largest absolute Gasteiger partial charge is 0.378 e. The van der Waals surface area contributed by atoms with E-state index in [1.54, 1.807) is 6.20 Å². The second-order valence-electron chi connectivity index (χ2n) is 9.27. The normalized spacial score (nSPS) is 26.1. The topological polar surface area (TPSA) is 102 Å². The monoisotopic (exact) mass is 443 g/mol. The number of nitrogens with zero attached hydrogens (tertiary/aromatic N) is 4. The number of amides is 1. The Balaban J connectivity index is 1.49. The first-order chi connectivity index (χ1) is 16.1. The Hall–Kier alpha value is -3.28. The average molecular weight is 444 g/mol. The number of aromatic nitrogens is 3. The number of hydrogen-bond acceptors (Lipinski definition) is 6. The molecule has 3 aromatic rings. The zero-order valence-corrected chi connectivity index (χ0v) is 18.5. The SMILES string of the molecule is CC(=O)Nc1cc2c(-c3ccc4c(n3)C3(CCOC3)OCC4)cn([C@H]3C[C@@H](C#N)C3)c2cn1. The summed E-state index contributed by atoms with van der Waals surface area (Å²) in [6.07, 6.45) is 7.25. The zero-order valence-electron chi connectivity index (χ0n) is 18.5. The second-order valence-corrected chi connectivity index (χ2v) is 9.27. The highest BCUT2D eigenvalue weighted by Gasteiger charge is 2.43. The molecule has 8 nitrogen and oxygen atoms in total. The maximum atomic E-state index is 11.6. The van der Waals surface area contributed by atoms with Gasteiger partial charge in [0.2, 0.25) is 5.91 Å². The zero-order chi connectivity index (χ0) is 22.6. The number of anilines is 1. The van der Waals surface area contributed by atoms with Gasteiger partial charge in [0.25, 0.3) is 0 Å². The van der Waals surface area contributed by atoms with Crippen molar-refractivity contribution in [1.29, 1.82) is 5.26 Å². The molecule has 168 valence electrons. The van der Waals surface area contributed by atoms with Crippen molar-refractivity contribution < 1.29 is 14.3 Å². The van der Waals surface area contributed by atoms with E-state index < -0.39 is 5.60 Å². The molecule has 2 fully saturated rings. The van der Waals surface area contributed by atoms with Crippen molar-refractivity contribution in [3.8, 4) is 17.3 Å². The van der Waals surface area contributed by atoms with E-state index in [9.17, 15) is 10.1 Å². The fourth-order valence-corrected chi connectivity index (χ4v) is 5.33. The fraction of sp³-hybridized carbons (Fsp3) is 0.440. The molecule has 1 unspecified atom stereocenters. The highest BCUT2D eigenvalue weighted by molar-refractivity contribution is 5.98. The first-order valence-corrected chi connectivity index (χ1v) is 11.5. The van der Waals surface area contributed by atoms with Crippen LogP contribution in [0, 0.1) is 17.2 Å². The third-order valence-corrected chi connectivity index (χ3v) is 7.13. The molecule has 33 heavy (non-hydrogen) atoms. The van der Waals surface area contributed by atoms with Gasteiger partial charge >= 0.3 is 0 Å². The molecule has 3 aliphatic rings. The minimum absolute atomic E-state index is 0.101. The van der Waals surface area contributed by atoms with Crippen molar-refractivity contribution >= 4 is 22.6 Å². The molecule has 1 aliphatic carbocycles. The number of rotatable bonds is 3. The predicted octanol–water partition coefficient (Wildman–Crippen LogP) is 3.72. The van der Waals surface area contributed by atoms with Gasteiger partial charge in [0.1, 0.15) is 11.4 Å². The first-order valence-electron chi connectivity index (χ1n) is 11.5. The van der Waals surface area contributed by atoms with E-state index in [-0.39, 0.29) is 17.9 Å². The van der Waals surface area contributed by atoms with E-state index in [4.69, 9.17) is 14.5 Å². The molecule has 1 spiro atoms. The maximum Gasteiger partial charge on any atom is 0.222 e. The number of nitriles is 1. The van der Waals surface area contributed by atoms with Gasteiger partial charge in [-0.15, -0.1) is 0 Å². The maximum absolute atomic E-state index is 11.6. The van der Waals surface area contributed by atoms with Gasteiger partial charge in [-0.2, -0.15) is 5.26 Å². The lowest BCUT2D eigenvalue weighted by Crippen LogP contribution is -2.37. The summed E-state index contributed by atoms with van der Waals surface area (Å²) in [5, 5.41) is 13.0. The van der Waals surface area contributed by atoms with E-state index >= 15 is 0 Å². The Morgan fingerprint density at radius 3 is 2.97 bits per heavy atom. The summed E-state index contributed by atoms with van der Waals surface area (Å²) in [5.74, 6) is 0.453. The third kappa shape index (κ3) is 3.31. The van der Waals surface area contributed by atoms with Crippen LogP contribution in [0.25, 0.3) is 22.2 Å². The lowest BCUT2D eigenvalue weighted by molar-refractivity contribution is -0.114. The highest BCUT2D eigenvalue weighted by atomic mass is 16.6. The van der Waals surface area contributed by atoms with E-state index in [1.165, 1.54) is 12.5 Å². The third-order valence-electron chi connectivity index (χ3n) is 7.13. The molecular weight excluding hydrogens is 418 g/mol. The Morgan fingerprint density at radius 2 is 2.21 bits per heavy atom. The molecule has 8 heteroatoms. The Bertz CT molecular complexity index is 1300. The number of hydrogen-bond donors (Lipinski definition) is 1. The van der Waals surface area contributed by atoms with Gasteiger partial charge in [0, 0.05) is 43.1 Å². The van der Waals surface area contributed by atoms with Gasteiger partial charge < -0.3 is 19.4 Å². The first kappa shape index (κ1) is 20.3. The minimum atomic E-state index is -0.459. The van der Waals surface area contributed by atoms with E-state index in [2.05, 4.69) is 39.3 Å². The Morgan fingerprint density at radius 1 is 1.33 bits per heavy atom. The molecule has 6 rings (SSSR count). The number of ether oxygens (including phenoxy) is 2. The number of pyridine rings is 2. The standard InChI is InChI=1S/C25H25N5O3/c1-15(31)28-23-10-19-20(13-30(22(19)12-27-23)18-8-16(9-18)11-26)21-3-2-17-4-6-33-25(24(17)29-21)5-7-32-14-25/h2-3,10,12-13,16,18H,4-9,14H2,1H3,(H,27,28,31)/t16-,18+,25?. The highest BCUT2D eigenvalue weighted by Crippen LogP contribution is 2.43. The van der Waals surface area contributed by atoms with Crippen LogP contribution in [0.2, 0.25) is 0 Å². The number of carbonyl (C=O) groups excluding carboxylic acids is 1. The molecule has 2 aliphatic heterocycles. The second kappa shape index (κ2) is 7.65. The summed E-state index contributed by atoms with van der Waals surface area (Å²) in [6, 6.07) is 8.77. The van der Waals surface area contributed by atoms with Gasteiger partial charge in [-0.1, -0.05) is 6.07 Å². The summed E-state index contributed by atoms with van der Waals surface area (Å²) < 4.78 is 14.1. The molecule has 5 heterocycles. The van der Waals surface area contributed by atoms with Crippen LogP contribution in [0.4, 0.5) is 5.82 Å². The molecule has 1 amide bonds. The van der Waals surface area contributed by atoms with E-state index in [1.807, 2.05) is 6.07 Å². The van der Waals surface area contributed by atoms with Crippen LogP contribution in [0.5, 0.6) is 0 Å². The molecule has 0 bridgehead atoms. The molecular formula is C25H25N5O3. The van der Waals surface area contributed by atoms with Crippen LogP contribution < -0.4 is 5.32 Å². The summed E-state index contributed by atoms with van der Waals surface area (Å²) in [4.78, 5) is 21.2. The molecule has 0 aromatic carbocycles. The van der Waals surface area contributed by atoms with Crippen LogP contribution in [0.15, 0.2) is 30.6 Å². The number of fused-ring (bicyclic) bond motifs is 3. The number of nitrogens with one attached hydrogen (secondary N) is 1. The van der Waals surface area contributed by atoms with Crippen LogP contribution >= 0.6 is 0 Å². The van der Waals surface area contributed by atoms with Crippen molar-refractivity contribution in [3.05, 3.63) is 41.9 Å².